The van der Waals surface area contributed by atoms with Crippen LogP contribution in [0.3, 0.4) is 0 Å². The Morgan fingerprint density at radius 1 is 0.750 bits per heavy atom. The molecule has 0 saturated carbocycles. The lowest BCUT2D eigenvalue weighted by Gasteiger charge is -2.06. The molecule has 1 heterocycles. The molecule has 0 bridgehead atoms. The van der Waals surface area contributed by atoms with Gasteiger partial charge in [0.2, 0.25) is 0 Å². The van der Waals surface area contributed by atoms with Crippen molar-refractivity contribution in [1.29, 1.82) is 0 Å². The van der Waals surface area contributed by atoms with Gasteiger partial charge in [0.15, 0.2) is 23.0 Å². The number of Topliss-reactive ketones (excluding diaryl/α,β-unsaturated/α-hetero) is 2. The molecule has 0 unspecified atom stereocenters. The van der Waals surface area contributed by atoms with Gasteiger partial charge < -0.3 is 28.7 Å². The largest absolute Gasteiger partial charge is 1.00 e. The normalized spacial score (nSPS) is 10.1. The maximum Gasteiger partial charge on any atom is 0.189 e. The summed E-state index contributed by atoms with van der Waals surface area (Å²) in [5.74, 6) is 0.808. The van der Waals surface area contributed by atoms with E-state index in [0.29, 0.717) is 17.5 Å². The number of carbonyl (C=O) groups is 2. The van der Waals surface area contributed by atoms with Crippen molar-refractivity contribution in [2.75, 3.05) is 7.11 Å². The third kappa shape index (κ3) is 5.25. The Hall–Kier alpha value is -2.54. The molecule has 0 aliphatic rings. The van der Waals surface area contributed by atoms with Crippen molar-refractivity contribution in [1.82, 2.24) is 0 Å². The summed E-state index contributed by atoms with van der Waals surface area (Å²) >= 11 is 0. The predicted molar refractivity (Wildman–Crippen MR) is 103 cm³/mol. The second-order valence-corrected chi connectivity index (χ2v) is 6.36. The maximum atomic E-state index is 12.6. The standard InChI is InChI=1S/C23H22NO3.HI/c1-24-19(15-22(25)17-7-4-3-5-8-17)9-6-10-20(24)16-23(26)18-11-13-21(27-2)14-12-18;/h3-14H,15-16H2,1-2H3;1H/q+1;/p-1. The van der Waals surface area contributed by atoms with Gasteiger partial charge in [-0.3, -0.25) is 9.59 Å². The highest BCUT2D eigenvalue weighted by Crippen LogP contribution is 2.13. The van der Waals surface area contributed by atoms with E-state index in [4.69, 9.17) is 4.74 Å². The average Bonchev–Trinajstić information content (AvgIpc) is 2.71. The molecule has 0 atom stereocenters. The van der Waals surface area contributed by atoms with Crippen LogP contribution >= 0.6 is 0 Å². The fraction of sp³-hybridized carbons (Fsp3) is 0.174. The number of methoxy groups -OCH3 is 1. The second kappa shape index (κ2) is 10.1. The molecular weight excluding hydrogens is 465 g/mol. The molecule has 0 radical (unpaired) electrons. The molecule has 3 rings (SSSR count). The molecule has 0 amide bonds. The molecule has 144 valence electrons. The lowest BCUT2D eigenvalue weighted by molar-refractivity contribution is -0.685. The van der Waals surface area contributed by atoms with Crippen molar-refractivity contribution in [3.8, 4) is 5.75 Å². The maximum absolute atomic E-state index is 12.6. The topological polar surface area (TPSA) is 47.3 Å². The number of halogens is 1. The van der Waals surface area contributed by atoms with Gasteiger partial charge in [-0.1, -0.05) is 30.3 Å². The van der Waals surface area contributed by atoms with Crippen LogP contribution in [0.25, 0.3) is 0 Å². The van der Waals surface area contributed by atoms with Crippen LogP contribution in [0.2, 0.25) is 0 Å². The zero-order chi connectivity index (χ0) is 19.2. The molecular formula is C23H22INO3. The molecule has 0 saturated heterocycles. The first-order valence-electron chi connectivity index (χ1n) is 8.81. The highest BCUT2D eigenvalue weighted by Gasteiger charge is 2.19. The minimum atomic E-state index is 0. The average molecular weight is 487 g/mol. The molecule has 0 spiro atoms. The first-order chi connectivity index (χ1) is 13.1. The van der Waals surface area contributed by atoms with E-state index < -0.39 is 0 Å². The lowest BCUT2D eigenvalue weighted by Crippen LogP contribution is -3.00. The van der Waals surface area contributed by atoms with E-state index in [9.17, 15) is 9.59 Å². The molecule has 0 aliphatic heterocycles. The van der Waals surface area contributed by atoms with Crippen LogP contribution in [-0.4, -0.2) is 18.7 Å². The Kier molecular flexibility index (Phi) is 7.87. The number of hydrogen-bond donors (Lipinski definition) is 0. The van der Waals surface area contributed by atoms with Crippen molar-refractivity contribution >= 4 is 11.6 Å². The Morgan fingerprint density at radius 3 is 1.75 bits per heavy atom. The minimum Gasteiger partial charge on any atom is -1.00 e. The Bertz CT molecular complexity index is 953. The Labute approximate surface area is 182 Å². The summed E-state index contributed by atoms with van der Waals surface area (Å²) in [5.41, 5.74) is 3.08. The van der Waals surface area contributed by atoms with Crippen LogP contribution in [0.15, 0.2) is 72.8 Å². The fourth-order valence-electron chi connectivity index (χ4n) is 2.97. The summed E-state index contributed by atoms with van der Waals surface area (Å²) in [5, 5.41) is 0. The third-order valence-corrected chi connectivity index (χ3v) is 4.63. The summed E-state index contributed by atoms with van der Waals surface area (Å²) in [4.78, 5) is 25.1. The SMILES string of the molecule is COc1ccc(C(=O)Cc2cccc(CC(=O)c3ccccc3)[n+]2C)cc1.[I-]. The number of ketones is 2. The zero-order valence-corrected chi connectivity index (χ0v) is 18.0. The monoisotopic (exact) mass is 487 g/mol. The van der Waals surface area contributed by atoms with Gasteiger partial charge >= 0.3 is 0 Å². The number of ether oxygens (including phenoxy) is 1. The van der Waals surface area contributed by atoms with Crippen LogP contribution in [0, 0.1) is 0 Å². The van der Waals surface area contributed by atoms with Crippen molar-refractivity contribution < 1.29 is 42.9 Å². The molecule has 2 aromatic carbocycles. The van der Waals surface area contributed by atoms with E-state index in [1.54, 1.807) is 31.4 Å². The number of rotatable bonds is 7. The van der Waals surface area contributed by atoms with Gasteiger partial charge in [-0.2, -0.15) is 0 Å². The molecule has 0 aliphatic carbocycles. The van der Waals surface area contributed by atoms with Gasteiger partial charge in [0.05, 0.1) is 20.0 Å². The van der Waals surface area contributed by atoms with Gasteiger partial charge in [0.1, 0.15) is 12.8 Å². The van der Waals surface area contributed by atoms with Crippen molar-refractivity contribution in [3.05, 3.63) is 95.3 Å². The number of hydrogen-bond acceptors (Lipinski definition) is 3. The first kappa shape index (κ1) is 21.8. The zero-order valence-electron chi connectivity index (χ0n) is 15.9. The summed E-state index contributed by atoms with van der Waals surface area (Å²) in [6.07, 6.45) is 0.571. The number of pyridine rings is 1. The van der Waals surface area contributed by atoms with E-state index >= 15 is 0 Å². The Balaban J connectivity index is 0.00000280. The molecule has 0 fully saturated rings. The van der Waals surface area contributed by atoms with E-state index in [2.05, 4.69) is 0 Å². The fourth-order valence-corrected chi connectivity index (χ4v) is 2.97. The van der Waals surface area contributed by atoms with Crippen LogP contribution in [-0.2, 0) is 19.9 Å². The Morgan fingerprint density at radius 2 is 1.25 bits per heavy atom. The van der Waals surface area contributed by atoms with E-state index in [1.165, 1.54) is 0 Å². The van der Waals surface area contributed by atoms with Gasteiger partial charge in [-0.05, 0) is 30.3 Å². The van der Waals surface area contributed by atoms with Crippen LogP contribution in [0.1, 0.15) is 32.1 Å². The molecule has 5 heteroatoms. The van der Waals surface area contributed by atoms with Gasteiger partial charge in [0, 0.05) is 23.3 Å². The number of nitrogens with zero attached hydrogens (tertiary/aromatic N) is 1. The van der Waals surface area contributed by atoms with Gasteiger partial charge in [-0.25, -0.2) is 4.57 Å². The molecule has 4 nitrogen and oxygen atoms in total. The number of aromatic nitrogens is 1. The highest BCUT2D eigenvalue weighted by molar-refractivity contribution is 5.97. The van der Waals surface area contributed by atoms with Crippen LogP contribution in [0.5, 0.6) is 5.75 Å². The van der Waals surface area contributed by atoms with Crippen molar-refractivity contribution in [3.63, 3.8) is 0 Å². The molecule has 0 N–H and O–H groups in total. The second-order valence-electron chi connectivity index (χ2n) is 6.36. The number of carbonyl (C=O) groups excluding carboxylic acids is 2. The number of benzene rings is 2. The minimum absolute atomic E-state index is 0. The lowest BCUT2D eigenvalue weighted by atomic mass is 10.0. The first-order valence-corrected chi connectivity index (χ1v) is 8.81. The summed E-state index contributed by atoms with van der Waals surface area (Å²) in [7, 11) is 3.49. The van der Waals surface area contributed by atoms with Crippen LogP contribution < -0.4 is 33.3 Å². The molecule has 28 heavy (non-hydrogen) atoms. The smallest absolute Gasteiger partial charge is 0.189 e. The van der Waals surface area contributed by atoms with E-state index in [1.807, 2.05) is 60.1 Å². The summed E-state index contributed by atoms with van der Waals surface area (Å²) < 4.78 is 7.06. The van der Waals surface area contributed by atoms with E-state index in [-0.39, 0.29) is 42.0 Å². The quantitative estimate of drug-likeness (QED) is 0.275. The molecule has 1 aromatic heterocycles. The van der Waals surface area contributed by atoms with Crippen LogP contribution in [0.4, 0.5) is 0 Å². The van der Waals surface area contributed by atoms with Crippen molar-refractivity contribution in [2.24, 2.45) is 7.05 Å². The highest BCUT2D eigenvalue weighted by atomic mass is 127. The van der Waals surface area contributed by atoms with E-state index in [0.717, 1.165) is 17.1 Å². The molecule has 3 aromatic rings. The third-order valence-electron chi connectivity index (χ3n) is 4.63. The van der Waals surface area contributed by atoms with Crippen molar-refractivity contribution in [2.45, 2.75) is 12.8 Å². The van der Waals surface area contributed by atoms with Gasteiger partial charge in [0.25, 0.3) is 0 Å². The van der Waals surface area contributed by atoms with Gasteiger partial charge in [-0.15, -0.1) is 0 Å². The summed E-state index contributed by atoms with van der Waals surface area (Å²) in [6.45, 7) is 0. The summed E-state index contributed by atoms with van der Waals surface area (Å²) in [6, 6.07) is 22.1. The predicted octanol–water partition coefficient (Wildman–Crippen LogP) is 0.375.